The molecule has 0 aromatic carbocycles. The molecule has 0 radical (unpaired) electrons. The van der Waals surface area contributed by atoms with Gasteiger partial charge in [0.05, 0.1) is 18.6 Å². The lowest BCUT2D eigenvalue weighted by molar-refractivity contribution is -0.119. The van der Waals surface area contributed by atoms with Crippen LogP contribution < -0.4 is 5.32 Å². The van der Waals surface area contributed by atoms with E-state index in [0.717, 1.165) is 10.9 Å². The molecule has 6 heteroatoms. The van der Waals surface area contributed by atoms with Gasteiger partial charge in [0.15, 0.2) is 5.16 Å². The van der Waals surface area contributed by atoms with Gasteiger partial charge in [-0.2, -0.15) is 0 Å². The summed E-state index contributed by atoms with van der Waals surface area (Å²) in [5.41, 5.74) is -0.207. The number of aromatic nitrogens is 2. The van der Waals surface area contributed by atoms with E-state index in [1.807, 2.05) is 43.7 Å². The molecule has 0 spiro atoms. The fraction of sp³-hybridized carbons (Fsp3) is 0.429. The Kier molecular flexibility index (Phi) is 4.54. The number of nitrogens with one attached hydrogen (secondary N) is 1. The zero-order valence-electron chi connectivity index (χ0n) is 11.9. The average Bonchev–Trinajstić information content (AvgIpc) is 2.96. The number of rotatable bonds is 5. The zero-order valence-corrected chi connectivity index (χ0v) is 12.7. The highest BCUT2D eigenvalue weighted by atomic mass is 32.2. The molecule has 0 aliphatic rings. The molecule has 2 aromatic heterocycles. The summed E-state index contributed by atoms with van der Waals surface area (Å²) in [6.07, 6.45) is 5.26. The summed E-state index contributed by atoms with van der Waals surface area (Å²) in [5.74, 6) is 1.23. The Labute approximate surface area is 122 Å². The summed E-state index contributed by atoms with van der Waals surface area (Å²) in [6.45, 7) is 6.52. The van der Waals surface area contributed by atoms with Crippen LogP contribution in [0.25, 0.3) is 0 Å². The van der Waals surface area contributed by atoms with Crippen LogP contribution in [0.2, 0.25) is 0 Å². The van der Waals surface area contributed by atoms with Gasteiger partial charge in [-0.05, 0) is 32.9 Å². The van der Waals surface area contributed by atoms with Crippen molar-refractivity contribution < 1.29 is 9.21 Å². The van der Waals surface area contributed by atoms with Crippen molar-refractivity contribution in [1.29, 1.82) is 0 Å². The fourth-order valence-electron chi connectivity index (χ4n) is 1.71. The molecular weight excluding hydrogens is 274 g/mol. The number of nitrogens with zero attached hydrogens (tertiary/aromatic N) is 2. The molecule has 1 N–H and O–H groups in total. The molecule has 2 heterocycles. The summed E-state index contributed by atoms with van der Waals surface area (Å²) >= 11 is 1.42. The van der Waals surface area contributed by atoms with E-state index in [-0.39, 0.29) is 11.4 Å². The third kappa shape index (κ3) is 4.45. The van der Waals surface area contributed by atoms with Gasteiger partial charge in [-0.3, -0.25) is 4.79 Å². The van der Waals surface area contributed by atoms with Gasteiger partial charge in [-0.1, -0.05) is 11.8 Å². The fourth-order valence-corrected chi connectivity index (χ4v) is 2.47. The third-order valence-corrected chi connectivity index (χ3v) is 3.43. The molecule has 1 amide bonds. The molecule has 0 unspecified atom stereocenters. The molecule has 2 aromatic rings. The molecular formula is C14H19N3O2S. The van der Waals surface area contributed by atoms with Crippen molar-refractivity contribution >= 4 is 17.7 Å². The van der Waals surface area contributed by atoms with E-state index >= 15 is 0 Å². The Hall–Kier alpha value is -1.69. The minimum atomic E-state index is -0.207. The monoisotopic (exact) mass is 293 g/mol. The summed E-state index contributed by atoms with van der Waals surface area (Å²) in [5, 5.41) is 3.74. The van der Waals surface area contributed by atoms with Crippen molar-refractivity contribution in [2.45, 2.75) is 38.0 Å². The molecule has 0 atom stereocenters. The maximum atomic E-state index is 11.8. The lowest BCUT2D eigenvalue weighted by atomic mass is 10.1. The van der Waals surface area contributed by atoms with Gasteiger partial charge in [0, 0.05) is 17.9 Å². The minimum absolute atomic E-state index is 0.00930. The largest absolute Gasteiger partial charge is 0.467 e. The van der Waals surface area contributed by atoms with E-state index < -0.39 is 0 Å². The lowest BCUT2D eigenvalue weighted by Gasteiger charge is -2.20. The molecule has 2 rings (SSSR count). The number of hydrogen-bond donors (Lipinski definition) is 1. The van der Waals surface area contributed by atoms with Gasteiger partial charge >= 0.3 is 0 Å². The van der Waals surface area contributed by atoms with E-state index in [4.69, 9.17) is 4.42 Å². The van der Waals surface area contributed by atoms with Gasteiger partial charge in [0.25, 0.3) is 0 Å². The van der Waals surface area contributed by atoms with Crippen molar-refractivity contribution in [3.05, 3.63) is 36.5 Å². The molecule has 0 saturated heterocycles. The van der Waals surface area contributed by atoms with Crippen LogP contribution in [0.5, 0.6) is 0 Å². The maximum absolute atomic E-state index is 11.8. The third-order valence-electron chi connectivity index (χ3n) is 2.43. The number of hydrogen-bond acceptors (Lipinski definition) is 4. The number of imidazole rings is 1. The predicted molar refractivity (Wildman–Crippen MR) is 78.7 cm³/mol. The number of carbonyl (C=O) groups excluding carboxylic acids is 1. The second-order valence-electron chi connectivity index (χ2n) is 5.50. The van der Waals surface area contributed by atoms with Crippen LogP contribution in [-0.4, -0.2) is 26.8 Å². The van der Waals surface area contributed by atoms with Crippen LogP contribution in [0.4, 0.5) is 0 Å². The molecule has 0 aliphatic carbocycles. The van der Waals surface area contributed by atoms with Crippen LogP contribution >= 0.6 is 11.8 Å². The van der Waals surface area contributed by atoms with E-state index in [1.54, 1.807) is 12.5 Å². The van der Waals surface area contributed by atoms with Crippen molar-refractivity contribution in [2.75, 3.05) is 5.75 Å². The van der Waals surface area contributed by atoms with Crippen LogP contribution in [0.15, 0.2) is 40.4 Å². The molecule has 0 saturated carbocycles. The molecule has 0 bridgehead atoms. The normalized spacial score (nSPS) is 11.6. The molecule has 20 heavy (non-hydrogen) atoms. The smallest absolute Gasteiger partial charge is 0.230 e. The van der Waals surface area contributed by atoms with Crippen molar-refractivity contribution in [3.8, 4) is 0 Å². The van der Waals surface area contributed by atoms with Gasteiger partial charge in [0.2, 0.25) is 5.91 Å². The Morgan fingerprint density at radius 2 is 2.30 bits per heavy atom. The van der Waals surface area contributed by atoms with Crippen LogP contribution in [-0.2, 0) is 11.3 Å². The molecule has 108 valence electrons. The topological polar surface area (TPSA) is 60.1 Å². The van der Waals surface area contributed by atoms with Crippen molar-refractivity contribution in [1.82, 2.24) is 14.9 Å². The average molecular weight is 293 g/mol. The summed E-state index contributed by atoms with van der Waals surface area (Å²) < 4.78 is 7.28. The van der Waals surface area contributed by atoms with E-state index in [1.165, 1.54) is 11.8 Å². The van der Waals surface area contributed by atoms with Crippen LogP contribution in [0.3, 0.4) is 0 Å². The Balaban J connectivity index is 1.91. The van der Waals surface area contributed by atoms with Gasteiger partial charge in [0.1, 0.15) is 5.76 Å². The predicted octanol–water partition coefficient (Wildman–Crippen LogP) is 2.53. The van der Waals surface area contributed by atoms with Crippen molar-refractivity contribution in [3.63, 3.8) is 0 Å². The highest BCUT2D eigenvalue weighted by Crippen LogP contribution is 2.17. The molecule has 0 fully saturated rings. The SMILES string of the molecule is CC(C)(C)NC(=O)CSc1nccn1Cc1ccco1. The van der Waals surface area contributed by atoms with Gasteiger partial charge < -0.3 is 14.3 Å². The first-order valence-electron chi connectivity index (χ1n) is 6.41. The number of furan rings is 1. The second kappa shape index (κ2) is 6.17. The lowest BCUT2D eigenvalue weighted by Crippen LogP contribution is -2.41. The summed E-state index contributed by atoms with van der Waals surface area (Å²) in [4.78, 5) is 16.1. The minimum Gasteiger partial charge on any atom is -0.467 e. The first-order chi connectivity index (χ1) is 9.44. The molecule has 0 aliphatic heterocycles. The number of carbonyl (C=O) groups is 1. The van der Waals surface area contributed by atoms with Gasteiger partial charge in [-0.15, -0.1) is 0 Å². The van der Waals surface area contributed by atoms with E-state index in [9.17, 15) is 4.79 Å². The second-order valence-corrected chi connectivity index (χ2v) is 6.45. The Bertz CT molecular complexity index is 555. The van der Waals surface area contributed by atoms with Crippen LogP contribution in [0, 0.1) is 0 Å². The van der Waals surface area contributed by atoms with E-state index in [0.29, 0.717) is 12.3 Å². The molecule has 5 nitrogen and oxygen atoms in total. The highest BCUT2D eigenvalue weighted by Gasteiger charge is 2.15. The van der Waals surface area contributed by atoms with Crippen LogP contribution in [0.1, 0.15) is 26.5 Å². The maximum Gasteiger partial charge on any atom is 0.230 e. The van der Waals surface area contributed by atoms with E-state index in [2.05, 4.69) is 10.3 Å². The van der Waals surface area contributed by atoms with Crippen molar-refractivity contribution in [2.24, 2.45) is 0 Å². The Morgan fingerprint density at radius 1 is 1.50 bits per heavy atom. The zero-order chi connectivity index (χ0) is 14.6. The van der Waals surface area contributed by atoms with Gasteiger partial charge in [-0.25, -0.2) is 4.98 Å². The number of amides is 1. The quantitative estimate of drug-likeness (QED) is 0.861. The Morgan fingerprint density at radius 3 is 2.95 bits per heavy atom. The highest BCUT2D eigenvalue weighted by molar-refractivity contribution is 7.99. The standard InChI is InChI=1S/C14H19N3O2S/c1-14(2,3)16-12(18)10-20-13-15-6-7-17(13)9-11-5-4-8-19-11/h4-8H,9-10H2,1-3H3,(H,16,18). The summed E-state index contributed by atoms with van der Waals surface area (Å²) in [6, 6.07) is 3.77. The number of thioether (sulfide) groups is 1. The first-order valence-corrected chi connectivity index (χ1v) is 7.40. The first kappa shape index (κ1) is 14.7. The summed E-state index contributed by atoms with van der Waals surface area (Å²) in [7, 11) is 0.